The Morgan fingerprint density at radius 3 is 2.18 bits per heavy atom. The Balaban J connectivity index is 2.26. The molecule has 2 aliphatic carbocycles. The number of hydrogen-bond acceptors (Lipinski definition) is 6. The predicted octanol–water partition coefficient (Wildman–Crippen LogP) is 4.65. The number of aliphatic hydroxyl groups excluding tert-OH is 1. The number of hydrogen-bond donors (Lipinski definition) is 1. The number of allylic oxidation sites excluding steroid dienone is 2. The lowest BCUT2D eigenvalue weighted by Gasteiger charge is -2.32. The largest absolute Gasteiger partial charge is 0.396 e. The van der Waals surface area contributed by atoms with Crippen molar-refractivity contribution in [3.63, 3.8) is 0 Å². The smallest absolute Gasteiger partial charge is 0.183 e. The maximum Gasteiger partial charge on any atom is 0.183 e. The van der Waals surface area contributed by atoms with E-state index in [0.29, 0.717) is 30.8 Å². The van der Waals surface area contributed by atoms with Crippen LogP contribution in [0.5, 0.6) is 0 Å². The zero-order valence-electron chi connectivity index (χ0n) is 22.1. The summed E-state index contributed by atoms with van der Waals surface area (Å²) in [4.78, 5) is 2.73. The van der Waals surface area contributed by atoms with E-state index in [9.17, 15) is 16.8 Å². The van der Waals surface area contributed by atoms with E-state index in [1.165, 1.54) is 0 Å². The molecule has 2 aliphatic rings. The zero-order valence-corrected chi connectivity index (χ0v) is 23.8. The number of unbranched alkanes of at least 4 members (excludes halogenated alkanes) is 3. The molecule has 1 saturated carbocycles. The molecule has 0 spiro atoms. The van der Waals surface area contributed by atoms with Gasteiger partial charge in [0.05, 0.1) is 19.6 Å². The summed E-state index contributed by atoms with van der Waals surface area (Å²) >= 11 is 0. The van der Waals surface area contributed by atoms with Crippen molar-refractivity contribution in [3.8, 4) is 0 Å². The first kappa shape index (κ1) is 29.5. The van der Waals surface area contributed by atoms with Crippen molar-refractivity contribution in [2.45, 2.75) is 108 Å². The fourth-order valence-electron chi connectivity index (χ4n) is 4.99. The molecule has 2 atom stereocenters. The monoisotopic (exact) mass is 517 g/mol. The Kier molecular flexibility index (Phi) is 10.0. The normalized spacial score (nSPS) is 22.4. The van der Waals surface area contributed by atoms with Crippen molar-refractivity contribution in [1.82, 2.24) is 4.90 Å². The van der Waals surface area contributed by atoms with Crippen LogP contribution >= 0.6 is 0 Å². The lowest BCUT2D eigenvalue weighted by atomic mass is 10.1. The molecule has 0 aromatic heterocycles. The molecular weight excluding hydrogens is 470 g/mol. The van der Waals surface area contributed by atoms with Gasteiger partial charge in [-0.2, -0.15) is 0 Å². The molecule has 0 aromatic rings. The molecule has 0 radical (unpaired) electrons. The van der Waals surface area contributed by atoms with Crippen LogP contribution in [0.15, 0.2) is 22.6 Å². The van der Waals surface area contributed by atoms with E-state index < -0.39 is 29.2 Å². The summed E-state index contributed by atoms with van der Waals surface area (Å²) in [7, 11) is -6.70. The molecule has 0 aromatic carbocycles. The van der Waals surface area contributed by atoms with Gasteiger partial charge in [0.15, 0.2) is 19.7 Å². The summed E-state index contributed by atoms with van der Waals surface area (Å²) in [5, 5.41) is 8.72. The molecule has 1 unspecified atom stereocenters. The number of aliphatic hydroxyl groups is 1. The van der Waals surface area contributed by atoms with Gasteiger partial charge < -0.3 is 5.11 Å². The highest BCUT2D eigenvalue weighted by atomic mass is 32.2. The van der Waals surface area contributed by atoms with Crippen LogP contribution in [0, 0.1) is 5.92 Å². The summed E-state index contributed by atoms with van der Waals surface area (Å²) in [5.74, 6) is 0.0688. The molecule has 2 rings (SSSR count). The van der Waals surface area contributed by atoms with Crippen LogP contribution in [-0.2, 0) is 19.7 Å². The summed E-state index contributed by atoms with van der Waals surface area (Å²) in [6.07, 6.45) is 10.5. The minimum absolute atomic E-state index is 0.0688. The molecule has 0 saturated heterocycles. The zero-order chi connectivity index (χ0) is 25.8. The average molecular weight is 518 g/mol. The SMILES string of the molecule is CC(C)(C)S(=O)(=O)C1=C(CN(CCCCCCO)C[C@H]2CCCC2S(=O)(=O)C(C)(C)C)CC=C1. The van der Waals surface area contributed by atoms with Gasteiger partial charge in [-0.3, -0.25) is 4.90 Å². The second kappa shape index (κ2) is 11.6. The van der Waals surface area contributed by atoms with E-state index >= 15 is 0 Å². The van der Waals surface area contributed by atoms with E-state index in [4.69, 9.17) is 5.11 Å². The molecule has 198 valence electrons. The maximum atomic E-state index is 13.3. The second-order valence-corrected chi connectivity index (χ2v) is 17.5. The summed E-state index contributed by atoms with van der Waals surface area (Å²) in [6.45, 7) is 12.8. The third kappa shape index (κ3) is 6.95. The van der Waals surface area contributed by atoms with Crippen LogP contribution < -0.4 is 0 Å². The molecule has 0 bridgehead atoms. The van der Waals surface area contributed by atoms with E-state index in [2.05, 4.69) is 4.90 Å². The fraction of sp³-hybridized carbons (Fsp3) is 0.846. The van der Waals surface area contributed by atoms with Crippen LogP contribution in [0.1, 0.15) is 92.9 Å². The predicted molar refractivity (Wildman–Crippen MR) is 141 cm³/mol. The molecule has 0 aliphatic heterocycles. The van der Waals surface area contributed by atoms with Gasteiger partial charge in [-0.25, -0.2) is 16.8 Å². The fourth-order valence-corrected chi connectivity index (χ4v) is 8.57. The van der Waals surface area contributed by atoms with Crippen molar-refractivity contribution >= 4 is 19.7 Å². The van der Waals surface area contributed by atoms with Crippen molar-refractivity contribution in [2.75, 3.05) is 26.2 Å². The van der Waals surface area contributed by atoms with Gasteiger partial charge in [0.1, 0.15) is 0 Å². The highest BCUT2D eigenvalue weighted by Crippen LogP contribution is 2.38. The van der Waals surface area contributed by atoms with Gasteiger partial charge in [0.2, 0.25) is 0 Å². The minimum Gasteiger partial charge on any atom is -0.396 e. The molecule has 6 nitrogen and oxygen atoms in total. The number of rotatable bonds is 12. The molecular formula is C26H47NO5S2. The summed E-state index contributed by atoms with van der Waals surface area (Å²) < 4.78 is 51.3. The van der Waals surface area contributed by atoms with Gasteiger partial charge in [0, 0.05) is 19.7 Å². The van der Waals surface area contributed by atoms with Crippen LogP contribution in [-0.4, -0.2) is 67.8 Å². The second-order valence-electron chi connectivity index (χ2n) is 11.9. The lowest BCUT2D eigenvalue weighted by Crippen LogP contribution is -2.43. The molecule has 34 heavy (non-hydrogen) atoms. The van der Waals surface area contributed by atoms with E-state index in [1.807, 2.05) is 6.08 Å². The third-order valence-corrected chi connectivity index (χ3v) is 12.9. The van der Waals surface area contributed by atoms with Crippen LogP contribution in [0.25, 0.3) is 0 Å². The Morgan fingerprint density at radius 2 is 1.59 bits per heavy atom. The average Bonchev–Trinajstić information content (AvgIpc) is 3.36. The Hall–Kier alpha value is -0.700. The first-order valence-electron chi connectivity index (χ1n) is 12.8. The van der Waals surface area contributed by atoms with Crippen molar-refractivity contribution in [2.24, 2.45) is 5.92 Å². The van der Waals surface area contributed by atoms with Gasteiger partial charge in [-0.1, -0.05) is 25.3 Å². The van der Waals surface area contributed by atoms with E-state index in [1.54, 1.807) is 47.6 Å². The molecule has 8 heteroatoms. The topological polar surface area (TPSA) is 91.8 Å². The first-order valence-corrected chi connectivity index (χ1v) is 15.9. The van der Waals surface area contributed by atoms with E-state index in [-0.39, 0.29) is 17.8 Å². The quantitative estimate of drug-likeness (QED) is 0.379. The van der Waals surface area contributed by atoms with Gasteiger partial charge in [-0.05, 0) is 97.8 Å². The van der Waals surface area contributed by atoms with Crippen LogP contribution in [0.2, 0.25) is 0 Å². The molecule has 1 fully saturated rings. The number of nitrogens with zero attached hydrogens (tertiary/aromatic N) is 1. The van der Waals surface area contributed by atoms with E-state index in [0.717, 1.165) is 50.6 Å². The highest BCUT2D eigenvalue weighted by molar-refractivity contribution is 7.96. The van der Waals surface area contributed by atoms with Crippen LogP contribution in [0.3, 0.4) is 0 Å². The summed E-state index contributed by atoms with van der Waals surface area (Å²) in [6, 6.07) is 0. The van der Waals surface area contributed by atoms with Gasteiger partial charge in [0.25, 0.3) is 0 Å². The number of sulfone groups is 2. The molecule has 1 N–H and O–H groups in total. The van der Waals surface area contributed by atoms with Gasteiger partial charge >= 0.3 is 0 Å². The Morgan fingerprint density at radius 1 is 0.941 bits per heavy atom. The van der Waals surface area contributed by atoms with Crippen LogP contribution in [0.4, 0.5) is 0 Å². The maximum absolute atomic E-state index is 13.3. The molecule has 0 amide bonds. The Labute approximate surface area is 208 Å². The molecule has 0 heterocycles. The first-order chi connectivity index (χ1) is 15.6. The minimum atomic E-state index is -3.44. The third-order valence-electron chi connectivity index (χ3n) is 7.21. The van der Waals surface area contributed by atoms with Crippen molar-refractivity contribution in [1.29, 1.82) is 0 Å². The van der Waals surface area contributed by atoms with Gasteiger partial charge in [-0.15, -0.1) is 0 Å². The lowest BCUT2D eigenvalue weighted by molar-refractivity contribution is 0.239. The Bertz CT molecular complexity index is 950. The standard InChI is InChI=1S/C26H47NO5S2/c1-25(2,3)33(29,30)23-15-11-13-21(23)19-27(17-9-7-8-10-18-28)20-22-14-12-16-24(22)34(31,32)26(4,5)6/h11,15,22,24,28H,7-10,12-14,16-20H2,1-6H3/t22-,24?/m1/s1. The summed E-state index contributed by atoms with van der Waals surface area (Å²) in [5.41, 5.74) is 0.915. The van der Waals surface area contributed by atoms with Crippen molar-refractivity contribution in [3.05, 3.63) is 22.6 Å². The van der Waals surface area contributed by atoms with Crippen molar-refractivity contribution < 1.29 is 21.9 Å². The highest BCUT2D eigenvalue weighted by Gasteiger charge is 2.44.